The number of carbonyl (C=O) groups excluding carboxylic acids is 3. The lowest BCUT2D eigenvalue weighted by atomic mass is 10.2. The van der Waals surface area contributed by atoms with Crippen LogP contribution in [0.2, 0.25) is 0 Å². The SMILES string of the molecule is CC(C)N1C(=O)C[C@H](Sc2ccccc2C(=O)[O-])C1=O. The van der Waals surface area contributed by atoms with Crippen molar-refractivity contribution in [1.82, 2.24) is 4.90 Å². The average molecular weight is 292 g/mol. The number of hydrogen-bond donors (Lipinski definition) is 0. The maximum atomic E-state index is 12.2. The summed E-state index contributed by atoms with van der Waals surface area (Å²) in [6, 6.07) is 6.15. The molecule has 106 valence electrons. The summed E-state index contributed by atoms with van der Waals surface area (Å²) < 4.78 is 0. The molecule has 1 aromatic rings. The third kappa shape index (κ3) is 2.70. The van der Waals surface area contributed by atoms with Gasteiger partial charge in [0, 0.05) is 22.9 Å². The normalized spacial score (nSPS) is 18.9. The number of carbonyl (C=O) groups is 3. The van der Waals surface area contributed by atoms with Crippen LogP contribution in [0, 0.1) is 0 Å². The lowest BCUT2D eigenvalue weighted by molar-refractivity contribution is -0.255. The molecular weight excluding hydrogens is 278 g/mol. The third-order valence-electron chi connectivity index (χ3n) is 3.03. The number of aromatic carboxylic acids is 1. The minimum atomic E-state index is -1.29. The average Bonchev–Trinajstić information content (AvgIpc) is 2.64. The predicted octanol–water partition coefficient (Wildman–Crippen LogP) is 0.678. The Balaban J connectivity index is 2.22. The maximum absolute atomic E-state index is 12.2. The van der Waals surface area contributed by atoms with Crippen LogP contribution in [0.5, 0.6) is 0 Å². The van der Waals surface area contributed by atoms with E-state index >= 15 is 0 Å². The van der Waals surface area contributed by atoms with E-state index in [0.717, 1.165) is 11.8 Å². The van der Waals surface area contributed by atoms with Gasteiger partial charge in [0.05, 0.1) is 11.2 Å². The van der Waals surface area contributed by atoms with E-state index in [-0.39, 0.29) is 29.8 Å². The van der Waals surface area contributed by atoms with Gasteiger partial charge in [0.25, 0.3) is 0 Å². The highest BCUT2D eigenvalue weighted by molar-refractivity contribution is 8.00. The molecule has 1 aromatic carbocycles. The van der Waals surface area contributed by atoms with Crippen molar-refractivity contribution in [2.24, 2.45) is 0 Å². The highest BCUT2D eigenvalue weighted by Crippen LogP contribution is 2.33. The minimum Gasteiger partial charge on any atom is -0.545 e. The molecule has 5 nitrogen and oxygen atoms in total. The van der Waals surface area contributed by atoms with Gasteiger partial charge in [-0.2, -0.15) is 0 Å². The lowest BCUT2D eigenvalue weighted by Crippen LogP contribution is -2.37. The van der Waals surface area contributed by atoms with E-state index in [4.69, 9.17) is 0 Å². The number of amides is 2. The molecular formula is C14H14NO4S-. The van der Waals surface area contributed by atoms with Crippen LogP contribution in [0.1, 0.15) is 30.6 Å². The van der Waals surface area contributed by atoms with E-state index in [2.05, 4.69) is 0 Å². The van der Waals surface area contributed by atoms with Gasteiger partial charge in [-0.25, -0.2) is 0 Å². The van der Waals surface area contributed by atoms with E-state index in [1.165, 1.54) is 11.0 Å². The molecule has 0 saturated carbocycles. The van der Waals surface area contributed by atoms with Gasteiger partial charge in [-0.3, -0.25) is 14.5 Å². The minimum absolute atomic E-state index is 0.0424. The summed E-state index contributed by atoms with van der Waals surface area (Å²) in [4.78, 5) is 36.7. The topological polar surface area (TPSA) is 77.5 Å². The number of nitrogens with zero attached hydrogens (tertiary/aromatic N) is 1. The summed E-state index contributed by atoms with van der Waals surface area (Å²) in [7, 11) is 0. The van der Waals surface area contributed by atoms with Crippen molar-refractivity contribution < 1.29 is 19.5 Å². The zero-order valence-corrected chi connectivity index (χ0v) is 12.0. The molecule has 6 heteroatoms. The van der Waals surface area contributed by atoms with Crippen LogP contribution in [-0.4, -0.2) is 34.0 Å². The molecule has 0 spiro atoms. The summed E-state index contributed by atoms with van der Waals surface area (Å²) in [5, 5.41) is 10.5. The quantitative estimate of drug-likeness (QED) is 0.763. The van der Waals surface area contributed by atoms with Gasteiger partial charge in [-0.1, -0.05) is 18.2 Å². The first-order valence-electron chi connectivity index (χ1n) is 6.24. The molecule has 1 aliphatic rings. The van der Waals surface area contributed by atoms with Crippen molar-refractivity contribution in [3.05, 3.63) is 29.8 Å². The highest BCUT2D eigenvalue weighted by atomic mass is 32.2. The van der Waals surface area contributed by atoms with Gasteiger partial charge in [0.15, 0.2) is 0 Å². The Bertz CT molecular complexity index is 570. The molecule has 20 heavy (non-hydrogen) atoms. The van der Waals surface area contributed by atoms with Crippen LogP contribution in [0.25, 0.3) is 0 Å². The molecule has 1 heterocycles. The second-order valence-electron chi connectivity index (χ2n) is 4.79. The Kier molecular flexibility index (Phi) is 4.13. The predicted molar refractivity (Wildman–Crippen MR) is 72.0 cm³/mol. The monoisotopic (exact) mass is 292 g/mol. The molecule has 2 amide bonds. The molecule has 0 unspecified atom stereocenters. The molecule has 1 fully saturated rings. The fourth-order valence-corrected chi connectivity index (χ4v) is 3.33. The van der Waals surface area contributed by atoms with E-state index < -0.39 is 11.2 Å². The van der Waals surface area contributed by atoms with Crippen LogP contribution < -0.4 is 5.11 Å². The molecule has 1 saturated heterocycles. The van der Waals surface area contributed by atoms with Gasteiger partial charge >= 0.3 is 0 Å². The smallest absolute Gasteiger partial charge is 0.243 e. The van der Waals surface area contributed by atoms with Crippen LogP contribution >= 0.6 is 11.8 Å². The Hall–Kier alpha value is -1.82. The second kappa shape index (κ2) is 5.66. The largest absolute Gasteiger partial charge is 0.545 e. The fraction of sp³-hybridized carbons (Fsp3) is 0.357. The maximum Gasteiger partial charge on any atom is 0.243 e. The molecule has 2 rings (SSSR count). The summed E-state index contributed by atoms with van der Waals surface area (Å²) in [5.74, 6) is -1.76. The first-order chi connectivity index (χ1) is 9.41. The van der Waals surface area contributed by atoms with Gasteiger partial charge < -0.3 is 9.90 Å². The summed E-state index contributed by atoms with van der Waals surface area (Å²) in [6.07, 6.45) is 0.100. The van der Waals surface area contributed by atoms with E-state index in [9.17, 15) is 19.5 Å². The molecule has 0 radical (unpaired) electrons. The van der Waals surface area contributed by atoms with Gasteiger partial charge in [0.1, 0.15) is 0 Å². The summed E-state index contributed by atoms with van der Waals surface area (Å²) in [5.41, 5.74) is 0.0424. The molecule has 0 N–H and O–H groups in total. The standard InChI is InChI=1S/C14H15NO4S/c1-8(2)15-12(16)7-11(13(15)17)20-10-6-4-3-5-9(10)14(18)19/h3-6,8,11H,7H2,1-2H3,(H,18,19)/p-1/t11-/m0/s1. The van der Waals surface area contributed by atoms with E-state index in [0.29, 0.717) is 4.90 Å². The molecule has 0 aromatic heterocycles. The Labute approximate surface area is 121 Å². The van der Waals surface area contributed by atoms with Crippen molar-refractivity contribution in [1.29, 1.82) is 0 Å². The number of likely N-dealkylation sites (tertiary alicyclic amines) is 1. The Morgan fingerprint density at radius 3 is 2.55 bits per heavy atom. The number of imide groups is 1. The molecule has 0 aliphatic carbocycles. The number of carboxylic acid groups (broad SMARTS) is 1. The zero-order valence-electron chi connectivity index (χ0n) is 11.2. The van der Waals surface area contributed by atoms with Crippen molar-refractivity contribution in [2.45, 2.75) is 36.5 Å². The number of carboxylic acids is 1. The number of hydrogen-bond acceptors (Lipinski definition) is 5. The Morgan fingerprint density at radius 1 is 1.35 bits per heavy atom. The van der Waals surface area contributed by atoms with Gasteiger partial charge in [-0.05, 0) is 19.9 Å². The third-order valence-corrected chi connectivity index (χ3v) is 4.30. The van der Waals surface area contributed by atoms with Crippen LogP contribution in [0.4, 0.5) is 0 Å². The lowest BCUT2D eigenvalue weighted by Gasteiger charge is -2.19. The van der Waals surface area contributed by atoms with Crippen LogP contribution in [-0.2, 0) is 9.59 Å². The van der Waals surface area contributed by atoms with Gasteiger partial charge in [0.2, 0.25) is 11.8 Å². The fourth-order valence-electron chi connectivity index (χ4n) is 2.15. The summed E-state index contributed by atoms with van der Waals surface area (Å²) >= 11 is 1.11. The Morgan fingerprint density at radius 2 is 2.00 bits per heavy atom. The molecule has 0 bridgehead atoms. The van der Waals surface area contributed by atoms with Crippen molar-refractivity contribution in [2.75, 3.05) is 0 Å². The first-order valence-corrected chi connectivity index (χ1v) is 7.12. The highest BCUT2D eigenvalue weighted by Gasteiger charge is 2.40. The zero-order chi connectivity index (χ0) is 14.9. The molecule has 1 aliphatic heterocycles. The van der Waals surface area contributed by atoms with E-state index in [1.54, 1.807) is 32.0 Å². The number of benzene rings is 1. The molecule has 1 atom stereocenters. The van der Waals surface area contributed by atoms with Crippen LogP contribution in [0.3, 0.4) is 0 Å². The summed E-state index contributed by atoms with van der Waals surface area (Å²) in [6.45, 7) is 3.55. The van der Waals surface area contributed by atoms with E-state index in [1.807, 2.05) is 0 Å². The second-order valence-corrected chi connectivity index (χ2v) is 6.03. The van der Waals surface area contributed by atoms with Crippen molar-refractivity contribution in [3.8, 4) is 0 Å². The van der Waals surface area contributed by atoms with Gasteiger partial charge in [-0.15, -0.1) is 11.8 Å². The number of rotatable bonds is 4. The van der Waals surface area contributed by atoms with Crippen LogP contribution in [0.15, 0.2) is 29.2 Å². The first kappa shape index (κ1) is 14.6. The van der Waals surface area contributed by atoms with Crippen molar-refractivity contribution >= 4 is 29.5 Å². The van der Waals surface area contributed by atoms with Crippen molar-refractivity contribution in [3.63, 3.8) is 0 Å². The number of thioether (sulfide) groups is 1.